The van der Waals surface area contributed by atoms with Crippen LogP contribution in [0.2, 0.25) is 5.02 Å². The van der Waals surface area contributed by atoms with Gasteiger partial charge in [-0.25, -0.2) is 4.90 Å². The van der Waals surface area contributed by atoms with Crippen molar-refractivity contribution in [3.05, 3.63) is 52.1 Å². The van der Waals surface area contributed by atoms with Gasteiger partial charge in [-0.1, -0.05) is 37.6 Å². The van der Waals surface area contributed by atoms with E-state index in [-0.39, 0.29) is 0 Å². The lowest BCUT2D eigenvalue weighted by Gasteiger charge is -2.35. The van der Waals surface area contributed by atoms with Crippen molar-refractivity contribution in [3.8, 4) is 11.8 Å². The van der Waals surface area contributed by atoms with E-state index >= 15 is 0 Å². The highest BCUT2D eigenvalue weighted by atomic mass is 35.5. The number of nitrogens with zero attached hydrogens (tertiary/aromatic N) is 3. The molecule has 0 bridgehead atoms. The molecule has 0 spiro atoms. The van der Waals surface area contributed by atoms with E-state index in [2.05, 4.69) is 31.8 Å². The third kappa shape index (κ3) is 6.83. The number of aliphatic hydroxyl groups excluding tert-OH is 1. The van der Waals surface area contributed by atoms with E-state index in [1.54, 1.807) is 11.0 Å². The molecule has 1 heterocycles. The Morgan fingerprint density at radius 2 is 2.05 bits per heavy atom. The second kappa shape index (κ2) is 12.0. The van der Waals surface area contributed by atoms with E-state index in [0.29, 0.717) is 42.9 Å². The van der Waals surface area contributed by atoms with Gasteiger partial charge in [-0.3, -0.25) is 4.90 Å². The van der Waals surface area contributed by atoms with Gasteiger partial charge >= 0.3 is 6.18 Å². The molecule has 1 aliphatic heterocycles. The average Bonchev–Trinajstić information content (AvgIpc) is 2.99. The summed E-state index contributed by atoms with van der Waals surface area (Å²) < 4.78 is 46.5. The van der Waals surface area contributed by atoms with E-state index in [1.165, 1.54) is 12.2 Å². The lowest BCUT2D eigenvalue weighted by Crippen LogP contribution is -2.48. The van der Waals surface area contributed by atoms with Crippen LogP contribution in [0.25, 0.3) is 0 Å². The van der Waals surface area contributed by atoms with E-state index in [4.69, 9.17) is 21.6 Å². The van der Waals surface area contributed by atoms with Crippen LogP contribution in [0, 0.1) is 11.3 Å². The number of allylic oxidation sites excluding steroid dienone is 2. The number of hydrogen-bond donors (Lipinski definition) is 3. The SMILES string of the molecule is CC(C)NCc1ccc(OCCCN2C(S)N(C3C=CC(C#N)=C(C(F)(F)F)C3)C(O)C2(C)C)c(Cl)c1. The molecule has 11 heteroatoms. The second-order valence-corrected chi connectivity index (χ2v) is 11.0. The van der Waals surface area contributed by atoms with Crippen molar-refractivity contribution >= 4 is 24.2 Å². The average molecular weight is 559 g/mol. The van der Waals surface area contributed by atoms with Gasteiger partial charge in [-0.15, -0.1) is 12.6 Å². The van der Waals surface area contributed by atoms with Crippen LogP contribution in [0.3, 0.4) is 0 Å². The van der Waals surface area contributed by atoms with E-state index in [9.17, 15) is 18.3 Å². The fourth-order valence-corrected chi connectivity index (χ4v) is 5.61. The molecule has 0 amide bonds. The van der Waals surface area contributed by atoms with Crippen LogP contribution in [0.5, 0.6) is 5.75 Å². The summed E-state index contributed by atoms with van der Waals surface area (Å²) in [5.74, 6) is 0.576. The summed E-state index contributed by atoms with van der Waals surface area (Å²) in [7, 11) is 0. The molecule has 3 atom stereocenters. The number of nitriles is 1. The number of benzene rings is 1. The predicted molar refractivity (Wildman–Crippen MR) is 141 cm³/mol. The summed E-state index contributed by atoms with van der Waals surface area (Å²) in [4.78, 5) is 3.50. The van der Waals surface area contributed by atoms with Gasteiger partial charge in [-0.05, 0) is 50.5 Å². The maximum absolute atomic E-state index is 13.5. The highest BCUT2D eigenvalue weighted by molar-refractivity contribution is 7.80. The Hall–Kier alpha value is -1.74. The molecule has 2 aliphatic rings. The monoisotopic (exact) mass is 558 g/mol. The number of thiol groups is 1. The zero-order chi connectivity index (χ0) is 27.5. The highest BCUT2D eigenvalue weighted by Crippen LogP contribution is 2.42. The largest absolute Gasteiger partial charge is 0.492 e. The Morgan fingerprint density at radius 3 is 2.65 bits per heavy atom. The Bertz CT molecular complexity index is 1070. The molecule has 1 aromatic carbocycles. The third-order valence-electron chi connectivity index (χ3n) is 6.78. The highest BCUT2D eigenvalue weighted by Gasteiger charge is 2.53. The van der Waals surface area contributed by atoms with E-state index < -0.39 is 47.0 Å². The van der Waals surface area contributed by atoms with Gasteiger partial charge in [0.15, 0.2) is 0 Å². The minimum absolute atomic E-state index is 0.363. The normalized spacial score (nSPS) is 24.6. The fraction of sp³-hybridized carbons (Fsp3) is 0.577. The molecule has 1 aromatic rings. The van der Waals surface area contributed by atoms with Crippen LogP contribution in [0.4, 0.5) is 13.2 Å². The number of hydrogen-bond acceptors (Lipinski definition) is 7. The summed E-state index contributed by atoms with van der Waals surface area (Å²) in [6.45, 7) is 9.36. The number of aliphatic hydroxyl groups is 1. The third-order valence-corrected chi connectivity index (χ3v) is 7.62. The zero-order valence-corrected chi connectivity index (χ0v) is 23.0. The minimum Gasteiger partial charge on any atom is -0.492 e. The Balaban J connectivity index is 1.61. The van der Waals surface area contributed by atoms with Crippen molar-refractivity contribution in [2.24, 2.45) is 0 Å². The number of ether oxygens (including phenoxy) is 1. The first-order valence-electron chi connectivity index (χ1n) is 12.2. The molecule has 0 saturated carbocycles. The Labute approximate surface area is 227 Å². The van der Waals surface area contributed by atoms with E-state index in [1.807, 2.05) is 36.9 Å². The van der Waals surface area contributed by atoms with Crippen molar-refractivity contribution < 1.29 is 23.0 Å². The van der Waals surface area contributed by atoms with Gasteiger partial charge in [0.25, 0.3) is 0 Å². The molecule has 0 radical (unpaired) electrons. The van der Waals surface area contributed by atoms with Crippen LogP contribution in [0.1, 0.15) is 46.1 Å². The number of alkyl halides is 3. The summed E-state index contributed by atoms with van der Waals surface area (Å²) in [6, 6.07) is 6.89. The number of nitrogens with one attached hydrogen (secondary N) is 1. The van der Waals surface area contributed by atoms with Crippen molar-refractivity contribution in [1.82, 2.24) is 15.1 Å². The molecule has 204 valence electrons. The van der Waals surface area contributed by atoms with Gasteiger partial charge in [0, 0.05) is 25.2 Å². The minimum atomic E-state index is -4.62. The second-order valence-electron chi connectivity index (χ2n) is 10.1. The van der Waals surface area contributed by atoms with E-state index in [0.717, 1.165) is 5.56 Å². The quantitative estimate of drug-likeness (QED) is 0.284. The molecule has 2 N–H and O–H groups in total. The zero-order valence-electron chi connectivity index (χ0n) is 21.4. The van der Waals surface area contributed by atoms with Crippen molar-refractivity contribution in [2.45, 2.75) is 82.6 Å². The lowest BCUT2D eigenvalue weighted by atomic mass is 9.92. The van der Waals surface area contributed by atoms with Crippen molar-refractivity contribution in [1.29, 1.82) is 5.26 Å². The molecule has 6 nitrogen and oxygen atoms in total. The molecule has 3 unspecified atom stereocenters. The molecular formula is C26H34ClF3N4O2S. The van der Waals surface area contributed by atoms with Gasteiger partial charge in [-0.2, -0.15) is 18.4 Å². The lowest BCUT2D eigenvalue weighted by molar-refractivity contribution is -0.0982. The molecule has 37 heavy (non-hydrogen) atoms. The summed E-state index contributed by atoms with van der Waals surface area (Å²) >= 11 is 11.1. The maximum Gasteiger partial charge on any atom is 0.414 e. The van der Waals surface area contributed by atoms with Gasteiger partial charge in [0.2, 0.25) is 0 Å². The van der Waals surface area contributed by atoms with Crippen molar-refractivity contribution in [3.63, 3.8) is 0 Å². The predicted octanol–water partition coefficient (Wildman–Crippen LogP) is 5.25. The standard InChI is InChI=1S/C26H34ClF3N4O2S/c1-16(2)32-15-17-6-9-22(21(27)12-17)36-11-5-10-33-24(37)34(23(35)25(33,3)4)19-8-7-18(14-31)20(13-19)26(28,29)30/h6-9,12,16,19,23-24,32,35,37H,5,10-11,13,15H2,1-4H3. The van der Waals surface area contributed by atoms with Crippen LogP contribution in [-0.4, -0.2) is 63.6 Å². The topological polar surface area (TPSA) is 71.8 Å². The fourth-order valence-electron chi connectivity index (χ4n) is 4.64. The molecule has 0 aromatic heterocycles. The summed E-state index contributed by atoms with van der Waals surface area (Å²) in [5.41, 5.74) is -1.64. The Morgan fingerprint density at radius 1 is 1.35 bits per heavy atom. The smallest absolute Gasteiger partial charge is 0.414 e. The molecular weight excluding hydrogens is 525 g/mol. The molecule has 1 saturated heterocycles. The Kier molecular flexibility index (Phi) is 9.65. The first-order chi connectivity index (χ1) is 17.3. The molecule has 1 fully saturated rings. The summed E-state index contributed by atoms with van der Waals surface area (Å²) in [5, 5.41) is 24.1. The van der Waals surface area contributed by atoms with Gasteiger partial charge in [0.05, 0.1) is 34.4 Å². The molecule has 1 aliphatic carbocycles. The van der Waals surface area contributed by atoms with Crippen LogP contribution in [-0.2, 0) is 6.54 Å². The van der Waals surface area contributed by atoms with Crippen LogP contribution < -0.4 is 10.1 Å². The first kappa shape index (κ1) is 29.8. The van der Waals surface area contributed by atoms with Crippen molar-refractivity contribution in [2.75, 3.05) is 13.2 Å². The summed E-state index contributed by atoms with van der Waals surface area (Å²) in [6.07, 6.45) is -2.81. The number of halogens is 4. The van der Waals surface area contributed by atoms with Gasteiger partial charge in [0.1, 0.15) is 17.5 Å². The maximum atomic E-state index is 13.5. The van der Waals surface area contributed by atoms with Crippen LogP contribution in [0.15, 0.2) is 41.5 Å². The van der Waals surface area contributed by atoms with Crippen LogP contribution >= 0.6 is 24.2 Å². The molecule has 3 rings (SSSR count). The van der Waals surface area contributed by atoms with Gasteiger partial charge < -0.3 is 15.2 Å². The first-order valence-corrected chi connectivity index (χ1v) is 13.1. The number of rotatable bonds is 9.